The van der Waals surface area contributed by atoms with E-state index in [1.54, 1.807) is 6.07 Å². The number of anilines is 1. The molecule has 0 aliphatic carbocycles. The molecule has 2 heterocycles. The summed E-state index contributed by atoms with van der Waals surface area (Å²) in [6.45, 7) is 10.2. The predicted octanol–water partition coefficient (Wildman–Crippen LogP) is 1.50. The zero-order chi connectivity index (χ0) is 20.1. The number of piperazine rings is 2. The van der Waals surface area contributed by atoms with Crippen LogP contribution >= 0.6 is 0 Å². The van der Waals surface area contributed by atoms with E-state index in [0.29, 0.717) is 0 Å². The molecule has 3 rings (SSSR count). The monoisotopic (exact) mass is 391 g/mol. The normalized spacial score (nSPS) is 19.9. The van der Waals surface area contributed by atoms with Crippen LogP contribution in [0.15, 0.2) is 12.1 Å². The molecule has 8 heteroatoms. The van der Waals surface area contributed by atoms with Crippen LogP contribution in [0.25, 0.3) is 0 Å². The maximum absolute atomic E-state index is 11.4. The first-order valence-corrected chi connectivity index (χ1v) is 10.3. The summed E-state index contributed by atoms with van der Waals surface area (Å²) in [5.74, 6) is 0. The van der Waals surface area contributed by atoms with Gasteiger partial charge in [-0.15, -0.1) is 0 Å². The summed E-state index contributed by atoms with van der Waals surface area (Å²) in [4.78, 5) is 15.8. The molecule has 0 aromatic heterocycles. The average molecular weight is 392 g/mol. The molecule has 2 fully saturated rings. The molecule has 1 aromatic carbocycles. The Labute approximate surface area is 167 Å². The second-order valence-corrected chi connectivity index (χ2v) is 7.84. The number of likely N-dealkylation sites (N-methyl/N-ethyl adjacent to an activating group) is 1. The van der Waals surface area contributed by atoms with E-state index >= 15 is 0 Å². The van der Waals surface area contributed by atoms with Crippen molar-refractivity contribution in [1.29, 1.82) is 0 Å². The Bertz CT molecular complexity index is 668. The summed E-state index contributed by atoms with van der Waals surface area (Å²) < 4.78 is 0. The number of aliphatic hydroxyl groups excluding tert-OH is 1. The summed E-state index contributed by atoms with van der Waals surface area (Å²) in [7, 11) is 2.17. The third kappa shape index (κ3) is 4.81. The maximum atomic E-state index is 11.4. The molecule has 28 heavy (non-hydrogen) atoms. The lowest BCUT2D eigenvalue weighted by Gasteiger charge is -2.45. The summed E-state index contributed by atoms with van der Waals surface area (Å²) in [6, 6.07) is 3.57. The van der Waals surface area contributed by atoms with Crippen LogP contribution in [0, 0.1) is 17.0 Å². The van der Waals surface area contributed by atoms with E-state index in [1.807, 2.05) is 13.0 Å². The molecular formula is C20H33N5O3. The number of hydrogen-bond donors (Lipinski definition) is 1. The molecule has 2 aliphatic heterocycles. The van der Waals surface area contributed by atoms with Crippen LogP contribution in [0.5, 0.6) is 0 Å². The third-order valence-electron chi connectivity index (χ3n) is 6.05. The first kappa shape index (κ1) is 21.0. The fourth-order valence-corrected chi connectivity index (χ4v) is 4.25. The Kier molecular flexibility index (Phi) is 7.23. The second kappa shape index (κ2) is 9.65. The molecule has 0 saturated carbocycles. The minimum atomic E-state index is -0.292. The number of hydrogen-bond acceptors (Lipinski definition) is 7. The topological polar surface area (TPSA) is 76.3 Å². The van der Waals surface area contributed by atoms with E-state index < -0.39 is 0 Å². The maximum Gasteiger partial charge on any atom is 0.272 e. The lowest BCUT2D eigenvalue weighted by molar-refractivity contribution is -0.385. The molecule has 0 unspecified atom stereocenters. The van der Waals surface area contributed by atoms with E-state index in [9.17, 15) is 10.1 Å². The molecular weight excluding hydrogens is 358 g/mol. The quantitative estimate of drug-likeness (QED) is 0.429. The van der Waals surface area contributed by atoms with Crippen molar-refractivity contribution in [2.24, 2.45) is 0 Å². The number of nitro groups is 1. The highest BCUT2D eigenvalue weighted by Crippen LogP contribution is 2.32. The average Bonchev–Trinajstić information content (AvgIpc) is 2.70. The van der Waals surface area contributed by atoms with Crippen molar-refractivity contribution >= 4 is 11.4 Å². The van der Waals surface area contributed by atoms with Gasteiger partial charge < -0.3 is 14.9 Å². The van der Waals surface area contributed by atoms with Gasteiger partial charge in [0.05, 0.1) is 4.92 Å². The molecule has 0 bridgehead atoms. The van der Waals surface area contributed by atoms with Crippen molar-refractivity contribution in [1.82, 2.24) is 14.9 Å². The third-order valence-corrected chi connectivity index (χ3v) is 6.05. The molecule has 2 saturated heterocycles. The van der Waals surface area contributed by atoms with Gasteiger partial charge in [-0.25, -0.2) is 10.0 Å². The zero-order valence-corrected chi connectivity index (χ0v) is 17.1. The Balaban J connectivity index is 1.70. The van der Waals surface area contributed by atoms with Crippen molar-refractivity contribution in [3.05, 3.63) is 33.4 Å². The molecule has 0 spiro atoms. The number of aliphatic hydroxyl groups is 1. The van der Waals surface area contributed by atoms with Gasteiger partial charge in [-0.2, -0.15) is 0 Å². The van der Waals surface area contributed by atoms with Crippen LogP contribution in [0.2, 0.25) is 0 Å². The summed E-state index contributed by atoms with van der Waals surface area (Å²) >= 11 is 0. The molecule has 156 valence electrons. The first-order chi connectivity index (χ1) is 13.5. The Hall–Kier alpha value is -1.74. The van der Waals surface area contributed by atoms with E-state index in [0.717, 1.165) is 88.4 Å². The van der Waals surface area contributed by atoms with Crippen LogP contribution in [0.3, 0.4) is 0 Å². The van der Waals surface area contributed by atoms with E-state index in [-0.39, 0.29) is 17.2 Å². The Morgan fingerprint density at radius 3 is 2.18 bits per heavy atom. The van der Waals surface area contributed by atoms with Crippen molar-refractivity contribution in [2.75, 3.05) is 70.9 Å². The number of rotatable bonds is 7. The lowest BCUT2D eigenvalue weighted by atomic mass is 9.98. The van der Waals surface area contributed by atoms with Gasteiger partial charge in [-0.3, -0.25) is 10.1 Å². The van der Waals surface area contributed by atoms with Gasteiger partial charge >= 0.3 is 0 Å². The van der Waals surface area contributed by atoms with Crippen LogP contribution < -0.4 is 4.90 Å². The van der Waals surface area contributed by atoms with Crippen LogP contribution in [0.1, 0.15) is 24.0 Å². The highest BCUT2D eigenvalue weighted by molar-refractivity contribution is 5.63. The fraction of sp³-hybridized carbons (Fsp3) is 0.700. The zero-order valence-electron chi connectivity index (χ0n) is 17.1. The smallest absolute Gasteiger partial charge is 0.272 e. The summed E-state index contributed by atoms with van der Waals surface area (Å²) in [5, 5.41) is 25.4. The van der Waals surface area contributed by atoms with Gasteiger partial charge in [0.2, 0.25) is 0 Å². The van der Waals surface area contributed by atoms with E-state index in [4.69, 9.17) is 5.11 Å². The van der Waals surface area contributed by atoms with Gasteiger partial charge in [0.15, 0.2) is 0 Å². The molecule has 1 N–H and O–H groups in total. The molecule has 0 amide bonds. The highest BCUT2D eigenvalue weighted by atomic mass is 16.6. The van der Waals surface area contributed by atoms with Crippen molar-refractivity contribution in [3.8, 4) is 0 Å². The van der Waals surface area contributed by atoms with E-state index in [1.165, 1.54) is 0 Å². The molecule has 2 aliphatic rings. The van der Waals surface area contributed by atoms with Crippen molar-refractivity contribution in [3.63, 3.8) is 0 Å². The van der Waals surface area contributed by atoms with Crippen LogP contribution in [-0.2, 0) is 6.42 Å². The molecule has 1 aromatic rings. The van der Waals surface area contributed by atoms with Crippen molar-refractivity contribution in [2.45, 2.75) is 26.2 Å². The van der Waals surface area contributed by atoms with Gasteiger partial charge in [-0.1, -0.05) is 0 Å². The minimum absolute atomic E-state index is 0.160. The minimum Gasteiger partial charge on any atom is -0.396 e. The van der Waals surface area contributed by atoms with Crippen LogP contribution in [0.4, 0.5) is 11.4 Å². The van der Waals surface area contributed by atoms with Gasteiger partial charge in [0, 0.05) is 76.3 Å². The second-order valence-electron chi connectivity index (χ2n) is 7.84. The lowest BCUT2D eigenvalue weighted by Crippen LogP contribution is -2.58. The summed E-state index contributed by atoms with van der Waals surface area (Å²) in [5.41, 5.74) is 3.15. The molecule has 0 radical (unpaired) electrons. The van der Waals surface area contributed by atoms with Gasteiger partial charge in [-0.05, 0) is 44.9 Å². The first-order valence-electron chi connectivity index (χ1n) is 10.3. The van der Waals surface area contributed by atoms with Gasteiger partial charge in [0.25, 0.3) is 5.69 Å². The van der Waals surface area contributed by atoms with E-state index in [2.05, 4.69) is 26.9 Å². The Morgan fingerprint density at radius 1 is 1.00 bits per heavy atom. The number of unbranched alkanes of at least 4 members (excludes halogenated alkanes) is 1. The summed E-state index contributed by atoms with van der Waals surface area (Å²) in [6.07, 6.45) is 2.33. The standard InChI is InChI=1S/C20H33N5O3/c1-17-18(5-3-4-16-26)20(7-6-19(17)25(27)28)22-10-14-24(15-11-22)23-12-8-21(2)9-13-23/h6-7,26H,3-5,8-16H2,1-2H3. The fourth-order valence-electron chi connectivity index (χ4n) is 4.25. The molecule has 0 atom stereocenters. The Morgan fingerprint density at radius 2 is 1.61 bits per heavy atom. The predicted molar refractivity (Wildman–Crippen MR) is 111 cm³/mol. The largest absolute Gasteiger partial charge is 0.396 e. The van der Waals surface area contributed by atoms with Crippen LogP contribution in [-0.4, -0.2) is 91.0 Å². The SMILES string of the molecule is Cc1c([N+](=O)[O-])ccc(N2CCN(N3CCN(C)CC3)CC2)c1CCCCO. The highest BCUT2D eigenvalue weighted by Gasteiger charge is 2.27. The number of nitrogens with zero attached hydrogens (tertiary/aromatic N) is 5. The van der Waals surface area contributed by atoms with Gasteiger partial charge in [0.1, 0.15) is 0 Å². The number of hydrazine groups is 1. The number of benzene rings is 1. The van der Waals surface area contributed by atoms with Crippen molar-refractivity contribution < 1.29 is 10.0 Å². The molecule has 8 nitrogen and oxygen atoms in total. The number of nitro benzene ring substituents is 1.